The van der Waals surface area contributed by atoms with Crippen molar-refractivity contribution in [1.29, 1.82) is 0 Å². The Kier molecular flexibility index (Phi) is 3.80. The van der Waals surface area contributed by atoms with E-state index in [1.54, 1.807) is 16.9 Å². The molecule has 1 aromatic carbocycles. The van der Waals surface area contributed by atoms with Gasteiger partial charge in [0.2, 0.25) is 5.91 Å². The number of anilines is 1. The lowest BCUT2D eigenvalue weighted by molar-refractivity contribution is -0.118. The van der Waals surface area contributed by atoms with Crippen LogP contribution in [0.1, 0.15) is 29.8 Å². The highest BCUT2D eigenvalue weighted by Crippen LogP contribution is 2.58. The van der Waals surface area contributed by atoms with E-state index in [9.17, 15) is 9.59 Å². The summed E-state index contributed by atoms with van der Waals surface area (Å²) in [7, 11) is 0. The second-order valence-corrected chi connectivity index (χ2v) is 6.89. The number of benzene rings is 1. The standard InChI is InChI=1S/C18H21N5O2/c19-16(24)14-5-10-23(22-14)15-4-2-1-3-13(15)21-17(25)12-11-18(12)6-8-20-9-7-18/h1-5,10,12,20H,6-9,11H2,(H2,19,24)(H,21,25). The van der Waals surface area contributed by atoms with E-state index >= 15 is 0 Å². The van der Waals surface area contributed by atoms with Gasteiger partial charge in [0.15, 0.2) is 0 Å². The summed E-state index contributed by atoms with van der Waals surface area (Å²) >= 11 is 0. The van der Waals surface area contributed by atoms with Gasteiger partial charge in [0.05, 0.1) is 11.4 Å². The zero-order chi connectivity index (χ0) is 17.4. The van der Waals surface area contributed by atoms with Crippen molar-refractivity contribution < 1.29 is 9.59 Å². The Bertz CT molecular complexity index is 822. The molecule has 4 N–H and O–H groups in total. The van der Waals surface area contributed by atoms with Crippen LogP contribution in [-0.2, 0) is 4.79 Å². The Morgan fingerprint density at radius 2 is 2.00 bits per heavy atom. The van der Waals surface area contributed by atoms with Crippen molar-refractivity contribution in [3.8, 4) is 5.69 Å². The maximum Gasteiger partial charge on any atom is 0.269 e. The molecule has 0 radical (unpaired) electrons. The predicted molar refractivity (Wildman–Crippen MR) is 93.4 cm³/mol. The molecule has 1 unspecified atom stereocenters. The number of carbonyl (C=O) groups is 2. The molecule has 2 heterocycles. The van der Waals surface area contributed by atoms with Crippen LogP contribution in [0.3, 0.4) is 0 Å². The Labute approximate surface area is 145 Å². The lowest BCUT2D eigenvalue weighted by Crippen LogP contribution is -2.31. The zero-order valence-corrected chi connectivity index (χ0v) is 13.9. The number of primary amides is 1. The molecule has 1 aliphatic carbocycles. The first-order chi connectivity index (χ1) is 12.1. The van der Waals surface area contributed by atoms with Crippen molar-refractivity contribution in [3.05, 3.63) is 42.2 Å². The van der Waals surface area contributed by atoms with Crippen LogP contribution in [0.4, 0.5) is 5.69 Å². The highest BCUT2D eigenvalue weighted by molar-refractivity contribution is 5.97. The van der Waals surface area contributed by atoms with Crippen LogP contribution in [0.5, 0.6) is 0 Å². The van der Waals surface area contributed by atoms with Crippen LogP contribution >= 0.6 is 0 Å². The fraction of sp³-hybridized carbons (Fsp3) is 0.389. The monoisotopic (exact) mass is 339 g/mol. The van der Waals surface area contributed by atoms with Crippen LogP contribution in [0.2, 0.25) is 0 Å². The largest absolute Gasteiger partial charge is 0.364 e. The highest BCUT2D eigenvalue weighted by atomic mass is 16.2. The highest BCUT2D eigenvalue weighted by Gasteiger charge is 2.57. The van der Waals surface area contributed by atoms with Crippen molar-refractivity contribution in [2.75, 3.05) is 18.4 Å². The van der Waals surface area contributed by atoms with Crippen molar-refractivity contribution >= 4 is 17.5 Å². The summed E-state index contributed by atoms with van der Waals surface area (Å²) in [6, 6.07) is 8.98. The maximum atomic E-state index is 12.7. The van der Waals surface area contributed by atoms with Gasteiger partial charge in [-0.25, -0.2) is 4.68 Å². The first kappa shape index (κ1) is 15.8. The average molecular weight is 339 g/mol. The van der Waals surface area contributed by atoms with Gasteiger partial charge < -0.3 is 16.4 Å². The number of nitrogens with two attached hydrogens (primary N) is 1. The summed E-state index contributed by atoms with van der Waals surface area (Å²) in [5, 5.41) is 10.6. The van der Waals surface area contributed by atoms with E-state index in [-0.39, 0.29) is 22.9 Å². The van der Waals surface area contributed by atoms with Gasteiger partial charge in [-0.05, 0) is 56.0 Å². The Morgan fingerprint density at radius 3 is 2.72 bits per heavy atom. The molecule has 25 heavy (non-hydrogen) atoms. The van der Waals surface area contributed by atoms with Crippen LogP contribution in [0.15, 0.2) is 36.5 Å². The van der Waals surface area contributed by atoms with Gasteiger partial charge >= 0.3 is 0 Å². The molecule has 2 aromatic rings. The summed E-state index contributed by atoms with van der Waals surface area (Å²) in [4.78, 5) is 24.0. The van der Waals surface area contributed by atoms with E-state index in [2.05, 4.69) is 15.7 Å². The summed E-state index contributed by atoms with van der Waals surface area (Å²) in [5.41, 5.74) is 7.04. The third-order valence-electron chi connectivity index (χ3n) is 5.36. The molecule has 2 amide bonds. The van der Waals surface area contributed by atoms with Crippen molar-refractivity contribution in [2.45, 2.75) is 19.3 Å². The van der Waals surface area contributed by atoms with E-state index in [0.717, 1.165) is 32.4 Å². The van der Waals surface area contributed by atoms with E-state index in [4.69, 9.17) is 5.73 Å². The first-order valence-electron chi connectivity index (χ1n) is 8.56. The summed E-state index contributed by atoms with van der Waals surface area (Å²) in [5.74, 6) is -0.427. The molecule has 1 aliphatic heterocycles. The normalized spacial score (nSPS) is 21.0. The lowest BCUT2D eigenvalue weighted by atomic mass is 9.92. The quantitative estimate of drug-likeness (QED) is 0.781. The first-order valence-corrected chi connectivity index (χ1v) is 8.56. The molecule has 0 bridgehead atoms. The number of aromatic nitrogens is 2. The van der Waals surface area contributed by atoms with Crippen LogP contribution in [0.25, 0.3) is 5.69 Å². The maximum absolute atomic E-state index is 12.7. The average Bonchev–Trinajstić information content (AvgIpc) is 3.07. The Hall–Kier alpha value is -2.67. The fourth-order valence-corrected chi connectivity index (χ4v) is 3.78. The second-order valence-electron chi connectivity index (χ2n) is 6.89. The zero-order valence-electron chi connectivity index (χ0n) is 13.9. The molecule has 2 fully saturated rings. The molecule has 1 saturated carbocycles. The molecule has 4 rings (SSSR count). The third-order valence-corrected chi connectivity index (χ3v) is 5.36. The van der Waals surface area contributed by atoms with E-state index in [1.807, 2.05) is 24.3 Å². The number of carbonyl (C=O) groups excluding carboxylic acids is 2. The molecule has 7 nitrogen and oxygen atoms in total. The third kappa shape index (κ3) is 2.91. The molecule has 1 aromatic heterocycles. The minimum Gasteiger partial charge on any atom is -0.364 e. The van der Waals surface area contributed by atoms with Crippen molar-refractivity contribution in [1.82, 2.24) is 15.1 Å². The predicted octanol–water partition coefficient (Wildman–Crippen LogP) is 1.30. The topological polar surface area (TPSA) is 102 Å². The Morgan fingerprint density at radius 1 is 1.24 bits per heavy atom. The summed E-state index contributed by atoms with van der Waals surface area (Å²) in [6.07, 6.45) is 4.76. The van der Waals surface area contributed by atoms with Gasteiger partial charge in [0.1, 0.15) is 5.69 Å². The number of nitrogens with zero attached hydrogens (tertiary/aromatic N) is 2. The van der Waals surface area contributed by atoms with Gasteiger partial charge in [0.25, 0.3) is 5.91 Å². The number of nitrogens with one attached hydrogen (secondary N) is 2. The van der Waals surface area contributed by atoms with Gasteiger partial charge in [-0.2, -0.15) is 5.10 Å². The molecule has 1 spiro atoms. The van der Waals surface area contributed by atoms with Crippen LogP contribution < -0.4 is 16.4 Å². The number of hydrogen-bond donors (Lipinski definition) is 3. The van der Waals surface area contributed by atoms with Gasteiger partial charge in [-0.3, -0.25) is 9.59 Å². The molecular weight excluding hydrogens is 318 g/mol. The second kappa shape index (κ2) is 6.00. The Balaban J connectivity index is 1.53. The van der Waals surface area contributed by atoms with E-state index in [1.165, 1.54) is 0 Å². The molecule has 130 valence electrons. The minimum absolute atomic E-state index is 0.0663. The van der Waals surface area contributed by atoms with Crippen LogP contribution in [-0.4, -0.2) is 34.7 Å². The molecule has 1 atom stereocenters. The molecule has 2 aliphatic rings. The van der Waals surface area contributed by atoms with Gasteiger partial charge in [-0.1, -0.05) is 12.1 Å². The lowest BCUT2D eigenvalue weighted by Gasteiger charge is -2.23. The fourth-order valence-electron chi connectivity index (χ4n) is 3.78. The number of rotatable bonds is 4. The number of para-hydroxylation sites is 2. The molecule has 1 saturated heterocycles. The smallest absolute Gasteiger partial charge is 0.269 e. The van der Waals surface area contributed by atoms with Gasteiger partial charge in [-0.15, -0.1) is 0 Å². The van der Waals surface area contributed by atoms with Crippen LogP contribution in [0, 0.1) is 11.3 Å². The number of amides is 2. The van der Waals surface area contributed by atoms with Crippen molar-refractivity contribution in [2.24, 2.45) is 17.1 Å². The SMILES string of the molecule is NC(=O)c1ccn(-c2ccccc2NC(=O)C2CC23CCNCC3)n1. The summed E-state index contributed by atoms with van der Waals surface area (Å²) in [6.45, 7) is 1.98. The van der Waals surface area contributed by atoms with Gasteiger partial charge in [0, 0.05) is 12.1 Å². The van der Waals surface area contributed by atoms with Crippen molar-refractivity contribution in [3.63, 3.8) is 0 Å². The van der Waals surface area contributed by atoms with E-state index < -0.39 is 5.91 Å². The number of hydrogen-bond acceptors (Lipinski definition) is 4. The molecular formula is C18H21N5O2. The van der Waals surface area contributed by atoms with E-state index in [0.29, 0.717) is 11.4 Å². The number of piperidine rings is 1. The summed E-state index contributed by atoms with van der Waals surface area (Å²) < 4.78 is 1.56. The molecule has 7 heteroatoms. The minimum atomic E-state index is -0.578.